The summed E-state index contributed by atoms with van der Waals surface area (Å²) in [6.07, 6.45) is 1.65. The monoisotopic (exact) mass is 210 g/mol. The van der Waals surface area contributed by atoms with Crippen LogP contribution >= 0.6 is 0 Å². The van der Waals surface area contributed by atoms with E-state index >= 15 is 0 Å². The van der Waals surface area contributed by atoms with Crippen molar-refractivity contribution in [3.8, 4) is 0 Å². The van der Waals surface area contributed by atoms with Crippen LogP contribution in [0, 0.1) is 0 Å². The van der Waals surface area contributed by atoms with E-state index in [0.29, 0.717) is 0 Å². The molecular weight excluding hydrogens is 196 g/mol. The van der Waals surface area contributed by atoms with Gasteiger partial charge in [0.2, 0.25) is 0 Å². The fourth-order valence-corrected chi connectivity index (χ4v) is 1.39. The molecule has 0 fully saturated rings. The molecule has 0 atom stereocenters. The van der Waals surface area contributed by atoms with Crippen LogP contribution in [-0.4, -0.2) is 16.7 Å². The van der Waals surface area contributed by atoms with Crippen LogP contribution in [0.3, 0.4) is 0 Å². The van der Waals surface area contributed by atoms with Crippen molar-refractivity contribution in [3.05, 3.63) is 11.9 Å². The Kier molecular flexibility index (Phi) is 3.88. The van der Waals surface area contributed by atoms with Crippen molar-refractivity contribution in [1.29, 1.82) is 0 Å². The van der Waals surface area contributed by atoms with E-state index in [-0.39, 0.29) is 5.92 Å². The quantitative estimate of drug-likeness (QED) is 0.829. The van der Waals surface area contributed by atoms with Crippen molar-refractivity contribution in [1.82, 2.24) is 10.2 Å². The molecule has 0 saturated carbocycles. The molecule has 1 rings (SSSR count). The van der Waals surface area contributed by atoms with E-state index in [1.54, 1.807) is 6.20 Å². The Morgan fingerprint density at radius 2 is 2.29 bits per heavy atom. The second-order valence-corrected chi connectivity index (χ2v) is 3.45. The van der Waals surface area contributed by atoms with E-state index in [1.807, 2.05) is 20.8 Å². The maximum atomic E-state index is 4.74. The van der Waals surface area contributed by atoms with Crippen molar-refractivity contribution in [3.63, 3.8) is 0 Å². The first-order valence-corrected chi connectivity index (χ1v) is 5.00. The minimum absolute atomic E-state index is 0.280. The molecule has 0 spiro atoms. The van der Waals surface area contributed by atoms with Crippen LogP contribution in [0.5, 0.6) is 0 Å². The molecule has 0 aliphatic carbocycles. The Bertz CT molecular complexity index is 325. The zero-order chi connectivity index (χ0) is 10.6. The molecule has 1 N–H and O–H groups in total. The van der Waals surface area contributed by atoms with Gasteiger partial charge in [-0.25, -0.2) is 0 Å². The van der Waals surface area contributed by atoms with Gasteiger partial charge in [0.15, 0.2) is 0 Å². The fraction of sp³-hybridized carbons (Fsp3) is 0.556. The Morgan fingerprint density at radius 3 is 2.79 bits per heavy atom. The number of hydrogen-bond acceptors (Lipinski definition) is 5. The van der Waals surface area contributed by atoms with Crippen LogP contribution in [0.1, 0.15) is 32.4 Å². The predicted octanol–water partition coefficient (Wildman–Crippen LogP) is 2.39. The van der Waals surface area contributed by atoms with Crippen LogP contribution in [0.15, 0.2) is 10.6 Å². The van der Waals surface area contributed by atoms with Crippen LogP contribution in [0.4, 0.5) is 11.4 Å². The summed E-state index contributed by atoms with van der Waals surface area (Å²) in [4.78, 5) is 0. The average molecular weight is 210 g/mol. The van der Waals surface area contributed by atoms with Crippen molar-refractivity contribution in [2.75, 3.05) is 11.9 Å². The standard InChI is InChI=1S/C9H14N4S/c1-4-10-7-5-11-12-8(6(2)3)9(7)13-14/h5-6H,4H2,1-3H3,(H,10,12). The lowest BCUT2D eigenvalue weighted by atomic mass is 10.1. The first kappa shape index (κ1) is 11.0. The summed E-state index contributed by atoms with van der Waals surface area (Å²) in [6, 6.07) is 0. The number of nitrogens with one attached hydrogen (secondary N) is 1. The highest BCUT2D eigenvalue weighted by atomic mass is 32.1. The minimum Gasteiger partial charge on any atom is -0.382 e. The third kappa shape index (κ3) is 2.23. The summed E-state index contributed by atoms with van der Waals surface area (Å²) in [5, 5.41) is 11.1. The summed E-state index contributed by atoms with van der Waals surface area (Å²) in [5.41, 5.74) is 2.45. The highest BCUT2D eigenvalue weighted by Gasteiger charge is 2.12. The number of nitrogens with zero attached hydrogens (tertiary/aromatic N) is 3. The van der Waals surface area contributed by atoms with Gasteiger partial charge in [-0.15, -0.1) is 0 Å². The molecule has 4 nitrogen and oxygen atoms in total. The molecule has 1 heterocycles. The third-order valence-electron chi connectivity index (χ3n) is 1.86. The highest BCUT2D eigenvalue weighted by Crippen LogP contribution is 2.30. The number of anilines is 1. The van der Waals surface area contributed by atoms with Gasteiger partial charge in [-0.1, -0.05) is 13.8 Å². The minimum atomic E-state index is 0.280. The van der Waals surface area contributed by atoms with Crippen molar-refractivity contribution >= 4 is 23.8 Å². The molecule has 0 saturated heterocycles. The molecule has 0 aromatic carbocycles. The van der Waals surface area contributed by atoms with Gasteiger partial charge in [-0.2, -0.15) is 14.6 Å². The molecular formula is C9H14N4S. The van der Waals surface area contributed by atoms with E-state index in [0.717, 1.165) is 23.6 Å². The maximum absolute atomic E-state index is 4.74. The lowest BCUT2D eigenvalue weighted by molar-refractivity contribution is 0.787. The van der Waals surface area contributed by atoms with Gasteiger partial charge in [-0.3, -0.25) is 0 Å². The Balaban J connectivity index is 3.17. The van der Waals surface area contributed by atoms with Gasteiger partial charge in [-0.05, 0) is 12.8 Å². The number of hydrogen-bond donors (Lipinski definition) is 1. The maximum Gasteiger partial charge on any atom is 0.125 e. The van der Waals surface area contributed by atoms with Gasteiger partial charge in [0, 0.05) is 19.0 Å². The van der Waals surface area contributed by atoms with Crippen LogP contribution < -0.4 is 5.32 Å². The zero-order valence-electron chi connectivity index (χ0n) is 8.61. The van der Waals surface area contributed by atoms with E-state index in [4.69, 9.17) is 12.4 Å². The second kappa shape index (κ2) is 4.95. The Hall–Kier alpha value is -1.10. The van der Waals surface area contributed by atoms with E-state index < -0.39 is 0 Å². The normalized spacial score (nSPS) is 10.3. The van der Waals surface area contributed by atoms with E-state index in [2.05, 4.69) is 19.9 Å². The predicted molar refractivity (Wildman–Crippen MR) is 59.7 cm³/mol. The van der Waals surface area contributed by atoms with Gasteiger partial charge in [0.25, 0.3) is 0 Å². The largest absolute Gasteiger partial charge is 0.382 e. The molecule has 76 valence electrons. The van der Waals surface area contributed by atoms with Crippen molar-refractivity contribution in [2.45, 2.75) is 26.7 Å². The SMILES string of the molecule is CCNc1cnnc(C(C)C)c1N=S. The summed E-state index contributed by atoms with van der Waals surface area (Å²) in [5.74, 6) is 0.280. The van der Waals surface area contributed by atoms with Gasteiger partial charge in [0.05, 0.1) is 17.6 Å². The summed E-state index contributed by atoms with van der Waals surface area (Å²) < 4.78 is 3.83. The Morgan fingerprint density at radius 1 is 1.57 bits per heavy atom. The summed E-state index contributed by atoms with van der Waals surface area (Å²) >= 11 is 4.74. The zero-order valence-corrected chi connectivity index (χ0v) is 9.43. The van der Waals surface area contributed by atoms with Crippen LogP contribution in [0.2, 0.25) is 0 Å². The summed E-state index contributed by atoms with van der Waals surface area (Å²) in [7, 11) is 0. The number of aromatic nitrogens is 2. The highest BCUT2D eigenvalue weighted by molar-refractivity contribution is 7.47. The summed E-state index contributed by atoms with van der Waals surface area (Å²) in [6.45, 7) is 6.93. The van der Waals surface area contributed by atoms with Crippen LogP contribution in [0.25, 0.3) is 0 Å². The van der Waals surface area contributed by atoms with Gasteiger partial charge >= 0.3 is 0 Å². The van der Waals surface area contributed by atoms with E-state index in [1.165, 1.54) is 0 Å². The van der Waals surface area contributed by atoms with Crippen molar-refractivity contribution < 1.29 is 0 Å². The first-order chi connectivity index (χ1) is 6.70. The van der Waals surface area contributed by atoms with E-state index in [9.17, 15) is 0 Å². The fourth-order valence-electron chi connectivity index (χ4n) is 1.20. The van der Waals surface area contributed by atoms with Gasteiger partial charge < -0.3 is 5.32 Å². The van der Waals surface area contributed by atoms with Gasteiger partial charge in [0.1, 0.15) is 5.69 Å². The molecule has 0 bridgehead atoms. The van der Waals surface area contributed by atoms with Crippen LogP contribution in [-0.2, 0) is 12.4 Å². The van der Waals surface area contributed by atoms with Crippen molar-refractivity contribution in [2.24, 2.45) is 4.36 Å². The molecule has 1 aromatic heterocycles. The topological polar surface area (TPSA) is 50.2 Å². The average Bonchev–Trinajstić information content (AvgIpc) is 2.18. The molecule has 0 aliphatic rings. The molecule has 0 amide bonds. The Labute approximate surface area is 89.3 Å². The molecule has 1 aromatic rings. The molecule has 0 aliphatic heterocycles. The lowest BCUT2D eigenvalue weighted by Gasteiger charge is -2.10. The second-order valence-electron chi connectivity index (χ2n) is 3.27. The first-order valence-electron chi connectivity index (χ1n) is 4.63. The lowest BCUT2D eigenvalue weighted by Crippen LogP contribution is -2.02. The molecule has 5 heteroatoms. The molecule has 0 unspecified atom stereocenters. The molecule has 14 heavy (non-hydrogen) atoms. The number of rotatable bonds is 4. The third-order valence-corrected chi connectivity index (χ3v) is 2.04. The smallest absolute Gasteiger partial charge is 0.125 e. The molecule has 0 radical (unpaired) electrons.